The van der Waals surface area contributed by atoms with E-state index in [0.717, 1.165) is 11.3 Å². The van der Waals surface area contributed by atoms with Crippen LogP contribution in [0.25, 0.3) is 0 Å². The summed E-state index contributed by atoms with van der Waals surface area (Å²) < 4.78 is 0. The van der Waals surface area contributed by atoms with Crippen LogP contribution in [0.3, 0.4) is 0 Å². The number of hydrogen-bond acceptors (Lipinski definition) is 6. The van der Waals surface area contributed by atoms with E-state index in [2.05, 4.69) is 69.0 Å². The molecular weight excluding hydrogens is 272 g/mol. The number of allylic oxidation sites excluding steroid dienone is 1. The van der Waals surface area contributed by atoms with Crippen LogP contribution in [0.4, 0.5) is 5.69 Å². The molecule has 0 saturated heterocycles. The van der Waals surface area contributed by atoms with E-state index in [1.54, 1.807) is 11.8 Å². The van der Waals surface area contributed by atoms with Crippen LogP contribution in [0.1, 0.15) is 31.2 Å². The molecule has 0 spiro atoms. The van der Waals surface area contributed by atoms with Crippen molar-refractivity contribution in [2.45, 2.75) is 25.3 Å². The first-order valence-corrected chi connectivity index (χ1v) is 7.31. The van der Waals surface area contributed by atoms with Crippen LogP contribution in [-0.4, -0.2) is 26.1 Å². The maximum atomic E-state index is 6.08. The number of aromatic nitrogens is 4. The molecule has 2 atom stereocenters. The van der Waals surface area contributed by atoms with E-state index in [-0.39, 0.29) is 11.4 Å². The van der Waals surface area contributed by atoms with Crippen molar-refractivity contribution in [1.82, 2.24) is 20.6 Å². The molecule has 0 bridgehead atoms. The van der Waals surface area contributed by atoms with Crippen LogP contribution >= 0.6 is 11.8 Å². The van der Waals surface area contributed by atoms with Crippen LogP contribution in [-0.2, 0) is 0 Å². The molecule has 1 aromatic heterocycles. The number of nitrogens with two attached hydrogens (primary N) is 1. The fraction of sp³-hybridized carbons (Fsp3) is 0.308. The minimum absolute atomic E-state index is 0.0459. The Morgan fingerprint density at radius 1 is 1.35 bits per heavy atom. The van der Waals surface area contributed by atoms with Gasteiger partial charge in [-0.3, -0.25) is 0 Å². The molecule has 0 fully saturated rings. The van der Waals surface area contributed by atoms with Gasteiger partial charge in [-0.15, -0.1) is 10.2 Å². The molecule has 3 rings (SSSR count). The lowest BCUT2D eigenvalue weighted by Gasteiger charge is -2.25. The van der Waals surface area contributed by atoms with Crippen LogP contribution in [0.15, 0.2) is 35.4 Å². The Morgan fingerprint density at radius 3 is 2.65 bits per heavy atom. The van der Waals surface area contributed by atoms with Gasteiger partial charge in [-0.05, 0) is 30.0 Å². The highest BCUT2D eigenvalue weighted by molar-refractivity contribution is 8.03. The van der Waals surface area contributed by atoms with Gasteiger partial charge in [0.2, 0.25) is 0 Å². The van der Waals surface area contributed by atoms with Gasteiger partial charge in [-0.1, -0.05) is 36.0 Å². The molecule has 0 radical (unpaired) electrons. The average molecular weight is 288 g/mol. The van der Waals surface area contributed by atoms with Crippen LogP contribution < -0.4 is 10.6 Å². The van der Waals surface area contributed by atoms with Crippen molar-refractivity contribution in [2.24, 2.45) is 5.73 Å². The van der Waals surface area contributed by atoms with Gasteiger partial charge in [0.1, 0.15) is 5.50 Å². The van der Waals surface area contributed by atoms with Crippen molar-refractivity contribution in [3.8, 4) is 0 Å². The first-order valence-electron chi connectivity index (χ1n) is 6.37. The number of thioether (sulfide) groups is 1. The lowest BCUT2D eigenvalue weighted by Crippen LogP contribution is -2.34. The number of aromatic amines is 1. The summed E-state index contributed by atoms with van der Waals surface area (Å²) in [5.74, 6) is 0.809. The van der Waals surface area contributed by atoms with Crippen molar-refractivity contribution < 1.29 is 0 Å². The smallest absolute Gasteiger partial charge is 0.181 e. The Hall–Kier alpha value is -1.86. The minimum Gasteiger partial charge on any atom is -0.320 e. The van der Waals surface area contributed by atoms with E-state index in [0.29, 0.717) is 5.82 Å². The Morgan fingerprint density at radius 2 is 2.10 bits per heavy atom. The molecule has 1 aromatic carbocycles. The van der Waals surface area contributed by atoms with Gasteiger partial charge >= 0.3 is 0 Å². The first kappa shape index (κ1) is 13.1. The van der Waals surface area contributed by atoms with Crippen molar-refractivity contribution in [1.29, 1.82) is 0 Å². The zero-order valence-electron chi connectivity index (χ0n) is 11.3. The maximum Gasteiger partial charge on any atom is 0.181 e. The molecule has 1 aliphatic heterocycles. The summed E-state index contributed by atoms with van der Waals surface area (Å²) in [6, 6.07) is 8.32. The summed E-state index contributed by atoms with van der Waals surface area (Å²) in [4.78, 5) is 2.12. The Bertz CT molecular complexity index is 606. The van der Waals surface area contributed by atoms with Gasteiger partial charge in [0.15, 0.2) is 5.82 Å². The monoisotopic (exact) mass is 288 g/mol. The van der Waals surface area contributed by atoms with Gasteiger partial charge in [-0.25, -0.2) is 0 Å². The Balaban J connectivity index is 1.83. The Kier molecular flexibility index (Phi) is 3.45. The molecular formula is C13H16N6S. The first-order chi connectivity index (χ1) is 9.66. The summed E-state index contributed by atoms with van der Waals surface area (Å²) in [5, 5.41) is 16.2. The van der Waals surface area contributed by atoms with Gasteiger partial charge in [-0.2, -0.15) is 5.21 Å². The molecule has 2 heterocycles. The molecule has 3 N–H and O–H groups in total. The molecule has 2 aromatic rings. The van der Waals surface area contributed by atoms with Gasteiger partial charge in [0, 0.05) is 17.3 Å². The maximum absolute atomic E-state index is 6.08. The predicted molar refractivity (Wildman–Crippen MR) is 79.9 cm³/mol. The third-order valence-corrected chi connectivity index (χ3v) is 4.40. The third kappa shape index (κ3) is 2.30. The molecule has 6 nitrogen and oxygen atoms in total. The quantitative estimate of drug-likeness (QED) is 0.899. The van der Waals surface area contributed by atoms with E-state index in [9.17, 15) is 0 Å². The zero-order chi connectivity index (χ0) is 14.1. The van der Waals surface area contributed by atoms with E-state index >= 15 is 0 Å². The highest BCUT2D eigenvalue weighted by Gasteiger charge is 2.22. The third-order valence-electron chi connectivity index (χ3n) is 3.43. The highest BCUT2D eigenvalue weighted by Crippen LogP contribution is 2.33. The minimum atomic E-state index is -0.0459. The molecule has 7 heteroatoms. The topological polar surface area (TPSA) is 83.7 Å². The predicted octanol–water partition coefficient (Wildman–Crippen LogP) is 2.01. The average Bonchev–Trinajstić information content (AvgIpc) is 3.09. The lowest BCUT2D eigenvalue weighted by molar-refractivity contribution is 0.819. The van der Waals surface area contributed by atoms with E-state index < -0.39 is 0 Å². The fourth-order valence-electron chi connectivity index (χ4n) is 2.26. The van der Waals surface area contributed by atoms with E-state index in [4.69, 9.17) is 5.73 Å². The van der Waals surface area contributed by atoms with Crippen LogP contribution in [0.2, 0.25) is 0 Å². The molecule has 0 amide bonds. The second-order valence-electron chi connectivity index (χ2n) is 4.74. The van der Waals surface area contributed by atoms with Crippen LogP contribution in [0, 0.1) is 0 Å². The SMILES string of the molecule is CC1=CSC(N)N1c1ccc(C(C)c2nn[nH]n2)cc1. The normalized spacial score (nSPS) is 20.1. The molecule has 1 aliphatic rings. The van der Waals surface area contributed by atoms with E-state index in [1.165, 1.54) is 5.70 Å². The molecule has 2 unspecified atom stereocenters. The number of nitrogens with one attached hydrogen (secondary N) is 1. The number of nitrogens with zero attached hydrogens (tertiary/aromatic N) is 4. The van der Waals surface area contributed by atoms with Crippen molar-refractivity contribution in [2.75, 3.05) is 4.90 Å². The van der Waals surface area contributed by atoms with Gasteiger partial charge < -0.3 is 10.6 Å². The summed E-state index contributed by atoms with van der Waals surface area (Å²) in [7, 11) is 0. The number of anilines is 1. The number of hydrogen-bond donors (Lipinski definition) is 2. The van der Waals surface area contributed by atoms with E-state index in [1.807, 2.05) is 0 Å². The molecule has 20 heavy (non-hydrogen) atoms. The number of benzene rings is 1. The summed E-state index contributed by atoms with van der Waals surface area (Å²) in [6.07, 6.45) is 0. The lowest BCUT2D eigenvalue weighted by atomic mass is 10.0. The summed E-state index contributed by atoms with van der Waals surface area (Å²) >= 11 is 1.63. The molecule has 0 saturated carbocycles. The highest BCUT2D eigenvalue weighted by atomic mass is 32.2. The molecule has 104 valence electrons. The fourth-order valence-corrected chi connectivity index (χ4v) is 3.12. The van der Waals surface area contributed by atoms with Crippen molar-refractivity contribution in [3.63, 3.8) is 0 Å². The van der Waals surface area contributed by atoms with Gasteiger partial charge in [0.05, 0.1) is 0 Å². The number of rotatable bonds is 3. The van der Waals surface area contributed by atoms with Crippen LogP contribution in [0.5, 0.6) is 0 Å². The summed E-state index contributed by atoms with van der Waals surface area (Å²) in [5.41, 5.74) is 9.45. The standard InChI is InChI=1S/C13H16N6S/c1-8-7-20-13(14)19(8)11-5-3-10(4-6-11)9(2)12-15-17-18-16-12/h3-7,9,13H,14H2,1-2H3,(H,15,16,17,18). The largest absolute Gasteiger partial charge is 0.320 e. The second kappa shape index (κ2) is 5.26. The van der Waals surface area contributed by atoms with Crippen molar-refractivity contribution in [3.05, 3.63) is 46.8 Å². The molecule has 0 aliphatic carbocycles. The second-order valence-corrected chi connectivity index (χ2v) is 5.73. The Labute approximate surface area is 121 Å². The van der Waals surface area contributed by atoms with Crippen molar-refractivity contribution >= 4 is 17.4 Å². The number of tetrazole rings is 1. The number of H-pyrrole nitrogens is 1. The summed E-state index contributed by atoms with van der Waals surface area (Å²) in [6.45, 7) is 4.12. The van der Waals surface area contributed by atoms with Gasteiger partial charge in [0.25, 0.3) is 0 Å². The zero-order valence-corrected chi connectivity index (χ0v) is 12.1.